The standard InChI is InChI=1S/C9H11F3N2/c1-4-3-6(13)8(14)5(2)7(4)9(10,11)12/h3H,13-14H2,1-2H3. The van der Waals surface area contributed by atoms with Crippen LogP contribution in [0.15, 0.2) is 6.07 Å². The van der Waals surface area contributed by atoms with Gasteiger partial charge in [0, 0.05) is 0 Å². The summed E-state index contributed by atoms with van der Waals surface area (Å²) < 4.78 is 37.6. The smallest absolute Gasteiger partial charge is 0.397 e. The number of benzene rings is 1. The van der Waals surface area contributed by atoms with Gasteiger partial charge < -0.3 is 11.5 Å². The highest BCUT2D eigenvalue weighted by atomic mass is 19.4. The Morgan fingerprint density at radius 1 is 1.14 bits per heavy atom. The van der Waals surface area contributed by atoms with Gasteiger partial charge in [-0.25, -0.2) is 0 Å². The minimum Gasteiger partial charge on any atom is -0.397 e. The molecule has 0 bridgehead atoms. The molecule has 5 heteroatoms. The van der Waals surface area contributed by atoms with Crippen LogP contribution in [0.4, 0.5) is 24.5 Å². The van der Waals surface area contributed by atoms with Crippen LogP contribution >= 0.6 is 0 Å². The molecule has 0 amide bonds. The lowest BCUT2D eigenvalue weighted by atomic mass is 9.99. The van der Waals surface area contributed by atoms with E-state index in [9.17, 15) is 13.2 Å². The van der Waals surface area contributed by atoms with Gasteiger partial charge in [-0.15, -0.1) is 0 Å². The molecule has 0 aromatic heterocycles. The molecule has 1 aromatic rings. The van der Waals surface area contributed by atoms with E-state index in [-0.39, 0.29) is 22.5 Å². The minimum atomic E-state index is -4.38. The van der Waals surface area contributed by atoms with E-state index in [1.54, 1.807) is 0 Å². The summed E-state index contributed by atoms with van der Waals surface area (Å²) in [5, 5.41) is 0. The average molecular weight is 204 g/mol. The van der Waals surface area contributed by atoms with E-state index in [2.05, 4.69) is 0 Å². The zero-order valence-electron chi connectivity index (χ0n) is 7.87. The Hall–Kier alpha value is -1.39. The van der Waals surface area contributed by atoms with Crippen molar-refractivity contribution in [3.8, 4) is 0 Å². The number of alkyl halides is 3. The Kier molecular flexibility index (Phi) is 2.35. The second-order valence-corrected chi connectivity index (χ2v) is 3.19. The van der Waals surface area contributed by atoms with Crippen LogP contribution in [-0.2, 0) is 6.18 Å². The van der Waals surface area contributed by atoms with E-state index in [0.717, 1.165) is 0 Å². The lowest BCUT2D eigenvalue weighted by molar-refractivity contribution is -0.138. The largest absolute Gasteiger partial charge is 0.416 e. The average Bonchev–Trinajstić information content (AvgIpc) is 1.97. The first-order chi connectivity index (χ1) is 6.25. The fraction of sp³-hybridized carbons (Fsp3) is 0.333. The molecule has 0 radical (unpaired) electrons. The van der Waals surface area contributed by atoms with Crippen molar-refractivity contribution in [1.29, 1.82) is 0 Å². The van der Waals surface area contributed by atoms with Crippen LogP contribution in [0.2, 0.25) is 0 Å². The number of hydrogen-bond donors (Lipinski definition) is 2. The first kappa shape index (κ1) is 10.7. The fourth-order valence-corrected chi connectivity index (χ4v) is 1.47. The molecule has 14 heavy (non-hydrogen) atoms. The minimum absolute atomic E-state index is 0.00271. The molecule has 0 saturated heterocycles. The van der Waals surface area contributed by atoms with Crippen molar-refractivity contribution in [2.75, 3.05) is 11.5 Å². The molecular formula is C9H11F3N2. The Labute approximate surface area is 79.7 Å². The Balaban J connectivity index is 3.53. The van der Waals surface area contributed by atoms with Gasteiger partial charge in [0.2, 0.25) is 0 Å². The van der Waals surface area contributed by atoms with Gasteiger partial charge in [0.25, 0.3) is 0 Å². The molecule has 1 aromatic carbocycles. The lowest BCUT2D eigenvalue weighted by Gasteiger charge is -2.16. The summed E-state index contributed by atoms with van der Waals surface area (Å²) in [7, 11) is 0. The SMILES string of the molecule is Cc1cc(N)c(N)c(C)c1C(F)(F)F. The summed E-state index contributed by atoms with van der Waals surface area (Å²) in [6, 6.07) is 1.24. The van der Waals surface area contributed by atoms with Crippen molar-refractivity contribution in [2.45, 2.75) is 20.0 Å². The summed E-state index contributed by atoms with van der Waals surface area (Å²) in [6.07, 6.45) is -4.38. The maximum Gasteiger partial charge on any atom is 0.416 e. The van der Waals surface area contributed by atoms with E-state index in [1.807, 2.05) is 0 Å². The lowest BCUT2D eigenvalue weighted by Crippen LogP contribution is -2.13. The highest BCUT2D eigenvalue weighted by Gasteiger charge is 2.35. The van der Waals surface area contributed by atoms with Crippen molar-refractivity contribution in [2.24, 2.45) is 0 Å². The predicted molar refractivity (Wildman–Crippen MR) is 49.7 cm³/mol. The Bertz CT molecular complexity index is 369. The molecule has 0 unspecified atom stereocenters. The highest BCUT2D eigenvalue weighted by molar-refractivity contribution is 5.71. The normalized spacial score (nSPS) is 11.8. The first-order valence-corrected chi connectivity index (χ1v) is 3.97. The zero-order valence-corrected chi connectivity index (χ0v) is 7.87. The molecule has 78 valence electrons. The van der Waals surface area contributed by atoms with Gasteiger partial charge in [0.05, 0.1) is 16.9 Å². The van der Waals surface area contributed by atoms with Crippen molar-refractivity contribution in [1.82, 2.24) is 0 Å². The third-order valence-corrected chi connectivity index (χ3v) is 2.14. The molecular weight excluding hydrogens is 193 g/mol. The Morgan fingerprint density at radius 2 is 1.64 bits per heavy atom. The number of hydrogen-bond acceptors (Lipinski definition) is 2. The van der Waals surface area contributed by atoms with Crippen LogP contribution in [0.3, 0.4) is 0 Å². The van der Waals surface area contributed by atoms with Crippen molar-refractivity contribution in [3.05, 3.63) is 22.8 Å². The number of rotatable bonds is 0. The molecule has 0 aliphatic rings. The van der Waals surface area contributed by atoms with Gasteiger partial charge in [0.15, 0.2) is 0 Å². The van der Waals surface area contributed by atoms with Gasteiger partial charge in [-0.05, 0) is 31.0 Å². The van der Waals surface area contributed by atoms with Crippen LogP contribution in [0.5, 0.6) is 0 Å². The van der Waals surface area contributed by atoms with Gasteiger partial charge in [-0.3, -0.25) is 0 Å². The topological polar surface area (TPSA) is 52.0 Å². The molecule has 0 spiro atoms. The molecule has 0 aliphatic heterocycles. The fourth-order valence-electron chi connectivity index (χ4n) is 1.47. The summed E-state index contributed by atoms with van der Waals surface area (Å²) >= 11 is 0. The second kappa shape index (κ2) is 3.08. The van der Waals surface area contributed by atoms with E-state index >= 15 is 0 Å². The number of anilines is 2. The molecule has 0 saturated carbocycles. The highest BCUT2D eigenvalue weighted by Crippen LogP contribution is 2.38. The molecule has 1 rings (SSSR count). The number of halogens is 3. The third-order valence-electron chi connectivity index (χ3n) is 2.14. The predicted octanol–water partition coefficient (Wildman–Crippen LogP) is 2.49. The van der Waals surface area contributed by atoms with Crippen molar-refractivity contribution in [3.63, 3.8) is 0 Å². The van der Waals surface area contributed by atoms with Crippen LogP contribution in [0.25, 0.3) is 0 Å². The van der Waals surface area contributed by atoms with Gasteiger partial charge >= 0.3 is 6.18 Å². The zero-order chi connectivity index (χ0) is 11.1. The quantitative estimate of drug-likeness (QED) is 0.638. The summed E-state index contributed by atoms with van der Waals surface area (Å²) in [5.74, 6) is 0. The molecule has 0 atom stereocenters. The number of aryl methyl sites for hydroxylation is 1. The summed E-state index contributed by atoms with van der Waals surface area (Å²) in [5.41, 5.74) is 10.5. The van der Waals surface area contributed by atoms with Crippen LogP contribution in [0, 0.1) is 13.8 Å². The second-order valence-electron chi connectivity index (χ2n) is 3.19. The number of nitrogens with two attached hydrogens (primary N) is 2. The molecule has 0 heterocycles. The molecule has 2 nitrogen and oxygen atoms in total. The van der Waals surface area contributed by atoms with Crippen LogP contribution in [0.1, 0.15) is 16.7 Å². The Morgan fingerprint density at radius 3 is 2.07 bits per heavy atom. The van der Waals surface area contributed by atoms with Crippen molar-refractivity contribution < 1.29 is 13.2 Å². The molecule has 4 N–H and O–H groups in total. The van der Waals surface area contributed by atoms with Crippen molar-refractivity contribution >= 4 is 11.4 Å². The molecule has 0 aliphatic carbocycles. The van der Waals surface area contributed by atoms with E-state index in [1.165, 1.54) is 19.9 Å². The maximum absolute atomic E-state index is 12.5. The van der Waals surface area contributed by atoms with E-state index < -0.39 is 11.7 Å². The van der Waals surface area contributed by atoms with Gasteiger partial charge in [-0.2, -0.15) is 13.2 Å². The third kappa shape index (κ3) is 1.62. The van der Waals surface area contributed by atoms with Gasteiger partial charge in [0.1, 0.15) is 0 Å². The monoisotopic (exact) mass is 204 g/mol. The van der Waals surface area contributed by atoms with E-state index in [4.69, 9.17) is 11.5 Å². The summed E-state index contributed by atoms with van der Waals surface area (Å²) in [6.45, 7) is 2.69. The van der Waals surface area contributed by atoms with Crippen LogP contribution < -0.4 is 11.5 Å². The number of nitrogen functional groups attached to an aromatic ring is 2. The van der Waals surface area contributed by atoms with Crippen LogP contribution in [-0.4, -0.2) is 0 Å². The molecule has 0 fully saturated rings. The van der Waals surface area contributed by atoms with E-state index in [0.29, 0.717) is 0 Å². The summed E-state index contributed by atoms with van der Waals surface area (Å²) in [4.78, 5) is 0. The van der Waals surface area contributed by atoms with Gasteiger partial charge in [-0.1, -0.05) is 0 Å². The maximum atomic E-state index is 12.5. The first-order valence-electron chi connectivity index (χ1n) is 3.97.